The molecule has 88 valence electrons. The van der Waals surface area contributed by atoms with Gasteiger partial charge in [0.25, 0.3) is 0 Å². The average molecular weight is 304 g/mol. The zero-order valence-corrected chi connectivity index (χ0v) is 11.7. The fourth-order valence-electron chi connectivity index (χ4n) is 2.16. The number of benzene rings is 1. The van der Waals surface area contributed by atoms with E-state index in [4.69, 9.17) is 11.6 Å². The van der Waals surface area contributed by atoms with E-state index in [-0.39, 0.29) is 0 Å². The zero-order chi connectivity index (χ0) is 11.5. The third-order valence-corrected chi connectivity index (χ3v) is 3.84. The molecule has 1 atom stereocenters. The van der Waals surface area contributed by atoms with E-state index in [9.17, 15) is 0 Å². The van der Waals surface area contributed by atoms with Crippen molar-refractivity contribution in [1.82, 2.24) is 5.32 Å². The van der Waals surface area contributed by atoms with Gasteiger partial charge in [0.15, 0.2) is 0 Å². The highest BCUT2D eigenvalue weighted by Crippen LogP contribution is 2.31. The van der Waals surface area contributed by atoms with Gasteiger partial charge < -0.3 is 10.2 Å². The maximum atomic E-state index is 6.03. The van der Waals surface area contributed by atoms with Crippen molar-refractivity contribution in [3.05, 3.63) is 27.7 Å². The lowest BCUT2D eigenvalue weighted by atomic mass is 10.2. The molecule has 1 aliphatic heterocycles. The van der Waals surface area contributed by atoms with Crippen molar-refractivity contribution in [1.29, 1.82) is 0 Å². The number of likely N-dealkylation sites (N-methyl/N-ethyl adjacent to an activating group) is 1. The normalized spacial score (nSPS) is 20.4. The van der Waals surface area contributed by atoms with Gasteiger partial charge in [0.05, 0.1) is 5.69 Å². The van der Waals surface area contributed by atoms with Crippen LogP contribution in [0.15, 0.2) is 22.7 Å². The fourth-order valence-corrected chi connectivity index (χ4v) is 2.83. The van der Waals surface area contributed by atoms with Crippen LogP contribution in [0.5, 0.6) is 0 Å². The summed E-state index contributed by atoms with van der Waals surface area (Å²) in [4.78, 5) is 2.38. The lowest BCUT2D eigenvalue weighted by Crippen LogP contribution is -2.32. The minimum absolute atomic E-state index is 0.607. The molecule has 0 bridgehead atoms. The summed E-state index contributed by atoms with van der Waals surface area (Å²) < 4.78 is 1.12. The molecule has 1 saturated heterocycles. The smallest absolute Gasteiger partial charge is 0.0526 e. The number of nitrogens with zero attached hydrogens (tertiary/aromatic N) is 1. The molecule has 1 heterocycles. The molecule has 0 radical (unpaired) electrons. The van der Waals surface area contributed by atoms with E-state index in [1.54, 1.807) is 0 Å². The lowest BCUT2D eigenvalue weighted by molar-refractivity contribution is 0.572. The Balaban J connectivity index is 2.11. The predicted molar refractivity (Wildman–Crippen MR) is 73.4 cm³/mol. The van der Waals surface area contributed by atoms with Gasteiger partial charge in [0.1, 0.15) is 0 Å². The number of hydrogen-bond acceptors (Lipinski definition) is 2. The van der Waals surface area contributed by atoms with Gasteiger partial charge >= 0.3 is 0 Å². The summed E-state index contributed by atoms with van der Waals surface area (Å²) >= 11 is 9.61. The summed E-state index contributed by atoms with van der Waals surface area (Å²) in [6.45, 7) is 5.34. The summed E-state index contributed by atoms with van der Waals surface area (Å²) in [6.07, 6.45) is 1.20. The van der Waals surface area contributed by atoms with Gasteiger partial charge in [-0.25, -0.2) is 0 Å². The molecule has 4 heteroatoms. The summed E-state index contributed by atoms with van der Waals surface area (Å²) in [5, 5.41) is 4.28. The van der Waals surface area contributed by atoms with Gasteiger partial charge in [-0.15, -0.1) is 0 Å². The second kappa shape index (κ2) is 5.39. The molecule has 16 heavy (non-hydrogen) atoms. The SMILES string of the molecule is CCNC1CCN(c2cc(Cl)ccc2Br)C1. The Morgan fingerprint density at radius 2 is 2.38 bits per heavy atom. The zero-order valence-electron chi connectivity index (χ0n) is 9.34. The minimum atomic E-state index is 0.607. The van der Waals surface area contributed by atoms with E-state index >= 15 is 0 Å². The van der Waals surface area contributed by atoms with Gasteiger partial charge in [0, 0.05) is 28.6 Å². The predicted octanol–water partition coefficient (Wildman–Crippen LogP) is 3.29. The second-order valence-corrected chi connectivity index (χ2v) is 5.38. The first-order valence-electron chi connectivity index (χ1n) is 5.64. The first-order valence-corrected chi connectivity index (χ1v) is 6.81. The number of nitrogens with one attached hydrogen (secondary N) is 1. The van der Waals surface area contributed by atoms with Gasteiger partial charge in [0.2, 0.25) is 0 Å². The molecule has 2 rings (SSSR count). The Hall–Kier alpha value is -0.250. The van der Waals surface area contributed by atoms with Crippen molar-refractivity contribution < 1.29 is 0 Å². The Morgan fingerprint density at radius 1 is 1.56 bits per heavy atom. The lowest BCUT2D eigenvalue weighted by Gasteiger charge is -2.20. The molecule has 2 nitrogen and oxygen atoms in total. The van der Waals surface area contributed by atoms with Crippen LogP contribution >= 0.6 is 27.5 Å². The molecular formula is C12H16BrClN2. The number of rotatable bonds is 3. The number of halogens is 2. The summed E-state index contributed by atoms with van der Waals surface area (Å²) in [5.41, 5.74) is 1.20. The van der Waals surface area contributed by atoms with Crippen LogP contribution in [0.4, 0.5) is 5.69 Å². The molecule has 0 aliphatic carbocycles. The average Bonchev–Trinajstić information content (AvgIpc) is 2.71. The monoisotopic (exact) mass is 302 g/mol. The topological polar surface area (TPSA) is 15.3 Å². The highest BCUT2D eigenvalue weighted by atomic mass is 79.9. The van der Waals surface area contributed by atoms with Gasteiger partial charge in [-0.05, 0) is 47.1 Å². The Kier molecular flexibility index (Phi) is 4.11. The highest BCUT2D eigenvalue weighted by molar-refractivity contribution is 9.10. The maximum Gasteiger partial charge on any atom is 0.0526 e. The Bertz CT molecular complexity index is 370. The van der Waals surface area contributed by atoms with Crippen LogP contribution < -0.4 is 10.2 Å². The quantitative estimate of drug-likeness (QED) is 0.922. The first kappa shape index (κ1) is 12.2. The van der Waals surface area contributed by atoms with Crippen molar-refractivity contribution in [2.24, 2.45) is 0 Å². The van der Waals surface area contributed by atoms with Crippen LogP contribution in [0.3, 0.4) is 0 Å². The molecule has 1 aromatic carbocycles. The summed E-state index contributed by atoms with van der Waals surface area (Å²) in [5.74, 6) is 0. The molecule has 0 spiro atoms. The number of anilines is 1. The fraction of sp³-hybridized carbons (Fsp3) is 0.500. The molecule has 0 aromatic heterocycles. The molecule has 1 aromatic rings. The first-order chi connectivity index (χ1) is 7.70. The van der Waals surface area contributed by atoms with Crippen LogP contribution in [0, 0.1) is 0 Å². The van der Waals surface area contributed by atoms with E-state index in [0.717, 1.165) is 29.1 Å². The largest absolute Gasteiger partial charge is 0.369 e. The van der Waals surface area contributed by atoms with E-state index in [1.165, 1.54) is 12.1 Å². The Morgan fingerprint density at radius 3 is 3.12 bits per heavy atom. The molecule has 1 N–H and O–H groups in total. The van der Waals surface area contributed by atoms with Crippen LogP contribution in [-0.2, 0) is 0 Å². The van der Waals surface area contributed by atoms with Crippen molar-refractivity contribution in [2.45, 2.75) is 19.4 Å². The van der Waals surface area contributed by atoms with Crippen molar-refractivity contribution in [2.75, 3.05) is 24.5 Å². The maximum absolute atomic E-state index is 6.03. The molecule has 1 unspecified atom stereocenters. The highest BCUT2D eigenvalue weighted by Gasteiger charge is 2.23. The van der Waals surface area contributed by atoms with Gasteiger partial charge in [-0.3, -0.25) is 0 Å². The van der Waals surface area contributed by atoms with Crippen LogP contribution in [0.2, 0.25) is 5.02 Å². The van der Waals surface area contributed by atoms with Crippen LogP contribution in [0.25, 0.3) is 0 Å². The molecule has 1 aliphatic rings. The Labute approximate surface area is 110 Å². The van der Waals surface area contributed by atoms with Crippen molar-refractivity contribution in [3.63, 3.8) is 0 Å². The van der Waals surface area contributed by atoms with E-state index in [1.807, 2.05) is 18.2 Å². The van der Waals surface area contributed by atoms with Crippen LogP contribution in [-0.4, -0.2) is 25.7 Å². The van der Waals surface area contributed by atoms with Gasteiger partial charge in [-0.1, -0.05) is 18.5 Å². The summed E-state index contributed by atoms with van der Waals surface area (Å²) in [7, 11) is 0. The molecular weight excluding hydrogens is 288 g/mol. The van der Waals surface area contributed by atoms with Gasteiger partial charge in [-0.2, -0.15) is 0 Å². The van der Waals surface area contributed by atoms with E-state index in [2.05, 4.69) is 33.1 Å². The van der Waals surface area contributed by atoms with Crippen molar-refractivity contribution >= 4 is 33.2 Å². The third-order valence-electron chi connectivity index (χ3n) is 2.93. The molecule has 0 saturated carbocycles. The van der Waals surface area contributed by atoms with Crippen molar-refractivity contribution in [3.8, 4) is 0 Å². The minimum Gasteiger partial charge on any atom is -0.369 e. The molecule has 1 fully saturated rings. The summed E-state index contributed by atoms with van der Waals surface area (Å²) in [6, 6.07) is 6.56. The standard InChI is InChI=1S/C12H16BrClN2/c1-2-15-10-5-6-16(8-10)12-7-9(14)3-4-11(12)13/h3-4,7,10,15H,2,5-6,8H2,1H3. The van der Waals surface area contributed by atoms with E-state index < -0.39 is 0 Å². The third kappa shape index (κ3) is 2.70. The van der Waals surface area contributed by atoms with Crippen LogP contribution in [0.1, 0.15) is 13.3 Å². The molecule has 0 amide bonds. The number of hydrogen-bond donors (Lipinski definition) is 1. The van der Waals surface area contributed by atoms with E-state index in [0.29, 0.717) is 6.04 Å². The second-order valence-electron chi connectivity index (χ2n) is 4.09.